The van der Waals surface area contributed by atoms with Crippen molar-refractivity contribution < 1.29 is 47.7 Å². The summed E-state index contributed by atoms with van der Waals surface area (Å²) in [5.74, 6) is -3.10. The Hall–Kier alpha value is -2.49. The smallest absolute Gasteiger partial charge is 0.302 e. The first-order chi connectivity index (χ1) is 12.5. The average molecular weight is 388 g/mol. The van der Waals surface area contributed by atoms with Gasteiger partial charge in [0.05, 0.1) is 13.2 Å². The fourth-order valence-corrected chi connectivity index (χ4v) is 2.61. The summed E-state index contributed by atoms with van der Waals surface area (Å²) in [6.07, 6.45) is 0. The van der Waals surface area contributed by atoms with E-state index in [0.29, 0.717) is 0 Å². The average Bonchev–Trinajstić information content (AvgIpc) is 2.57. The van der Waals surface area contributed by atoms with Crippen LogP contribution in [0.5, 0.6) is 0 Å². The minimum atomic E-state index is -1.52. The second kappa shape index (κ2) is 9.45. The van der Waals surface area contributed by atoms with Crippen molar-refractivity contribution in [3.05, 3.63) is 0 Å². The molecule has 0 bridgehead atoms. The van der Waals surface area contributed by atoms with Crippen LogP contribution in [0.1, 0.15) is 27.7 Å². The minimum absolute atomic E-state index is 0.186. The van der Waals surface area contributed by atoms with Crippen molar-refractivity contribution in [2.45, 2.75) is 27.7 Å². The fraction of sp³-hybridized carbons (Fsp3) is 0.706. The molecule has 1 heterocycles. The van der Waals surface area contributed by atoms with Gasteiger partial charge in [0.25, 0.3) is 0 Å². The zero-order valence-corrected chi connectivity index (χ0v) is 15.8. The number of ether oxygens (including phenoxy) is 5. The predicted octanol–water partition coefficient (Wildman–Crippen LogP) is -0.189. The van der Waals surface area contributed by atoms with Gasteiger partial charge >= 0.3 is 23.9 Å². The van der Waals surface area contributed by atoms with Gasteiger partial charge in [-0.05, 0) is 0 Å². The molecular weight excluding hydrogens is 364 g/mol. The van der Waals surface area contributed by atoms with Crippen molar-refractivity contribution in [2.75, 3.05) is 39.6 Å². The standard InChI is InChI=1S/C17H24O10/c1-11(18)24-7-16(8-25-12(2)19)5-23-6-17(15(16)22,9-26-13(3)20)10-27-14(4)21/h5-10H2,1-4H3. The van der Waals surface area contributed by atoms with Crippen LogP contribution in [0, 0.1) is 10.8 Å². The lowest BCUT2D eigenvalue weighted by atomic mass is 9.69. The van der Waals surface area contributed by atoms with Crippen LogP contribution < -0.4 is 0 Å². The molecule has 27 heavy (non-hydrogen) atoms. The fourth-order valence-electron chi connectivity index (χ4n) is 2.61. The Morgan fingerprint density at radius 3 is 1.19 bits per heavy atom. The van der Waals surface area contributed by atoms with Gasteiger partial charge in [-0.3, -0.25) is 24.0 Å². The second-order valence-electron chi connectivity index (χ2n) is 6.50. The number of esters is 4. The molecule has 0 saturated carbocycles. The highest BCUT2D eigenvalue weighted by Crippen LogP contribution is 2.38. The van der Waals surface area contributed by atoms with Crippen LogP contribution in [0.4, 0.5) is 0 Å². The maximum atomic E-state index is 13.4. The third-order valence-electron chi connectivity index (χ3n) is 3.93. The van der Waals surface area contributed by atoms with Gasteiger partial charge in [-0.25, -0.2) is 0 Å². The molecule has 1 aliphatic heterocycles. The number of hydrogen-bond donors (Lipinski definition) is 0. The molecular formula is C17H24O10. The summed E-state index contributed by atoms with van der Waals surface area (Å²) in [5, 5.41) is 0. The van der Waals surface area contributed by atoms with Gasteiger partial charge in [0, 0.05) is 27.7 Å². The number of rotatable bonds is 8. The normalized spacial score (nSPS) is 17.6. The van der Waals surface area contributed by atoms with E-state index in [4.69, 9.17) is 23.7 Å². The van der Waals surface area contributed by atoms with Gasteiger partial charge in [0.2, 0.25) is 0 Å². The minimum Gasteiger partial charge on any atom is -0.465 e. The van der Waals surface area contributed by atoms with Gasteiger partial charge in [-0.2, -0.15) is 0 Å². The molecule has 10 nitrogen and oxygen atoms in total. The predicted molar refractivity (Wildman–Crippen MR) is 87.2 cm³/mol. The summed E-state index contributed by atoms with van der Waals surface area (Å²) in [6, 6.07) is 0. The zero-order chi connectivity index (χ0) is 20.7. The molecule has 0 aromatic rings. The van der Waals surface area contributed by atoms with Crippen molar-refractivity contribution in [1.82, 2.24) is 0 Å². The first kappa shape index (κ1) is 22.6. The van der Waals surface area contributed by atoms with E-state index in [1.165, 1.54) is 27.7 Å². The van der Waals surface area contributed by atoms with Crippen LogP contribution >= 0.6 is 0 Å². The molecule has 1 saturated heterocycles. The van der Waals surface area contributed by atoms with Crippen LogP contribution in [0.25, 0.3) is 0 Å². The third-order valence-corrected chi connectivity index (χ3v) is 3.93. The molecule has 10 heteroatoms. The third kappa shape index (κ3) is 6.31. The summed E-state index contributed by atoms with van der Waals surface area (Å²) in [4.78, 5) is 58.4. The molecule has 1 rings (SSSR count). The van der Waals surface area contributed by atoms with E-state index in [-0.39, 0.29) is 13.2 Å². The molecule has 0 aliphatic carbocycles. The number of hydrogen-bond acceptors (Lipinski definition) is 10. The highest BCUT2D eigenvalue weighted by atomic mass is 16.6. The summed E-state index contributed by atoms with van der Waals surface area (Å²) < 4.78 is 25.5. The molecule has 0 atom stereocenters. The van der Waals surface area contributed by atoms with Gasteiger partial charge < -0.3 is 23.7 Å². The Morgan fingerprint density at radius 1 is 0.704 bits per heavy atom. The van der Waals surface area contributed by atoms with Crippen LogP contribution in [-0.2, 0) is 47.7 Å². The molecule has 1 fully saturated rings. The lowest BCUT2D eigenvalue weighted by molar-refractivity contribution is -0.191. The number of Topliss-reactive ketones (excluding diaryl/α,β-unsaturated/α-hetero) is 1. The molecule has 0 amide bonds. The Morgan fingerprint density at radius 2 is 0.963 bits per heavy atom. The molecule has 1 aliphatic rings. The zero-order valence-electron chi connectivity index (χ0n) is 15.8. The second-order valence-corrected chi connectivity index (χ2v) is 6.50. The maximum absolute atomic E-state index is 13.4. The van der Waals surface area contributed by atoms with Crippen LogP contribution in [0.15, 0.2) is 0 Å². The Labute approximate surface area is 156 Å². The van der Waals surface area contributed by atoms with Crippen molar-refractivity contribution in [3.8, 4) is 0 Å². The summed E-state index contributed by atoms with van der Waals surface area (Å²) in [5.41, 5.74) is -3.04. The van der Waals surface area contributed by atoms with E-state index in [0.717, 1.165) is 0 Å². The Balaban J connectivity index is 3.22. The van der Waals surface area contributed by atoms with Crippen LogP contribution in [0.3, 0.4) is 0 Å². The highest BCUT2D eigenvalue weighted by Gasteiger charge is 2.57. The monoisotopic (exact) mass is 388 g/mol. The van der Waals surface area contributed by atoms with E-state index >= 15 is 0 Å². The van der Waals surface area contributed by atoms with Crippen LogP contribution in [0.2, 0.25) is 0 Å². The van der Waals surface area contributed by atoms with E-state index in [2.05, 4.69) is 0 Å². The van der Waals surface area contributed by atoms with Gasteiger partial charge in [0.15, 0.2) is 5.78 Å². The largest absolute Gasteiger partial charge is 0.465 e. The molecule has 0 N–H and O–H groups in total. The van der Waals surface area contributed by atoms with Crippen LogP contribution in [-0.4, -0.2) is 69.3 Å². The maximum Gasteiger partial charge on any atom is 0.302 e. The number of ketones is 1. The summed E-state index contributed by atoms with van der Waals surface area (Å²) in [6.45, 7) is 2.66. The molecule has 0 radical (unpaired) electrons. The SMILES string of the molecule is CC(=O)OCC1(COC(C)=O)COCC(COC(C)=O)(COC(C)=O)C1=O. The summed E-state index contributed by atoms with van der Waals surface area (Å²) in [7, 11) is 0. The van der Waals surface area contributed by atoms with Crippen molar-refractivity contribution >= 4 is 29.7 Å². The molecule has 0 unspecified atom stereocenters. The molecule has 0 aromatic heterocycles. The van der Waals surface area contributed by atoms with Crippen molar-refractivity contribution in [2.24, 2.45) is 10.8 Å². The molecule has 0 aromatic carbocycles. The molecule has 152 valence electrons. The van der Waals surface area contributed by atoms with E-state index in [1.54, 1.807) is 0 Å². The van der Waals surface area contributed by atoms with Crippen molar-refractivity contribution in [1.29, 1.82) is 0 Å². The first-order valence-corrected chi connectivity index (χ1v) is 8.19. The van der Waals surface area contributed by atoms with E-state index in [1.807, 2.05) is 0 Å². The van der Waals surface area contributed by atoms with Crippen molar-refractivity contribution in [3.63, 3.8) is 0 Å². The van der Waals surface area contributed by atoms with Gasteiger partial charge in [0.1, 0.15) is 37.3 Å². The van der Waals surface area contributed by atoms with E-state index < -0.39 is 66.9 Å². The quantitative estimate of drug-likeness (QED) is 0.407. The lowest BCUT2D eigenvalue weighted by Gasteiger charge is -2.44. The number of carbonyl (C=O) groups excluding carboxylic acids is 5. The number of carbonyl (C=O) groups is 5. The first-order valence-electron chi connectivity index (χ1n) is 8.19. The highest BCUT2D eigenvalue weighted by molar-refractivity contribution is 5.93. The summed E-state index contributed by atoms with van der Waals surface area (Å²) >= 11 is 0. The topological polar surface area (TPSA) is 132 Å². The van der Waals surface area contributed by atoms with E-state index in [9.17, 15) is 24.0 Å². The Kier molecular flexibility index (Phi) is 7.89. The lowest BCUT2D eigenvalue weighted by Crippen LogP contribution is -2.61. The van der Waals surface area contributed by atoms with Gasteiger partial charge in [-0.1, -0.05) is 0 Å². The van der Waals surface area contributed by atoms with Gasteiger partial charge in [-0.15, -0.1) is 0 Å². The Bertz CT molecular complexity index is 523. The molecule has 0 spiro atoms.